The normalized spacial score (nSPS) is 18.0. The SMILES string of the molecule is CCC1CCN(Cc2cc(CNCC(C)C)no2)CC1. The predicted molar refractivity (Wildman–Crippen MR) is 81.3 cm³/mol. The van der Waals surface area contributed by atoms with Gasteiger partial charge in [0.25, 0.3) is 0 Å². The maximum absolute atomic E-state index is 5.45. The molecule has 0 saturated carbocycles. The minimum atomic E-state index is 0.668. The summed E-state index contributed by atoms with van der Waals surface area (Å²) >= 11 is 0. The average molecular weight is 279 g/mol. The number of rotatable bonds is 7. The Balaban J connectivity index is 1.72. The highest BCUT2D eigenvalue weighted by Crippen LogP contribution is 2.21. The Morgan fingerprint density at radius 2 is 2.15 bits per heavy atom. The van der Waals surface area contributed by atoms with E-state index in [9.17, 15) is 0 Å². The van der Waals surface area contributed by atoms with Crippen LogP contribution in [0.15, 0.2) is 10.6 Å². The summed E-state index contributed by atoms with van der Waals surface area (Å²) in [7, 11) is 0. The minimum Gasteiger partial charge on any atom is -0.360 e. The maximum atomic E-state index is 5.45. The molecule has 0 amide bonds. The van der Waals surface area contributed by atoms with E-state index in [1.807, 2.05) is 0 Å². The van der Waals surface area contributed by atoms with E-state index in [0.29, 0.717) is 5.92 Å². The van der Waals surface area contributed by atoms with Gasteiger partial charge in [0, 0.05) is 12.6 Å². The molecule has 0 unspecified atom stereocenters. The Hall–Kier alpha value is -0.870. The van der Waals surface area contributed by atoms with Crippen molar-refractivity contribution in [1.29, 1.82) is 0 Å². The molecule has 20 heavy (non-hydrogen) atoms. The molecule has 114 valence electrons. The lowest BCUT2D eigenvalue weighted by Gasteiger charge is -2.30. The van der Waals surface area contributed by atoms with Crippen molar-refractivity contribution in [3.8, 4) is 0 Å². The van der Waals surface area contributed by atoms with Crippen molar-refractivity contribution in [3.63, 3.8) is 0 Å². The van der Waals surface area contributed by atoms with Gasteiger partial charge in [0.15, 0.2) is 5.76 Å². The lowest BCUT2D eigenvalue weighted by atomic mass is 9.94. The van der Waals surface area contributed by atoms with Gasteiger partial charge in [-0.3, -0.25) is 4.90 Å². The number of aromatic nitrogens is 1. The van der Waals surface area contributed by atoms with Crippen molar-refractivity contribution in [2.75, 3.05) is 19.6 Å². The van der Waals surface area contributed by atoms with Crippen LogP contribution < -0.4 is 5.32 Å². The molecular formula is C16H29N3O. The van der Waals surface area contributed by atoms with Crippen LogP contribution in [-0.4, -0.2) is 29.7 Å². The Labute approximate surface area is 122 Å². The molecule has 0 bridgehead atoms. The number of nitrogens with one attached hydrogen (secondary N) is 1. The Morgan fingerprint density at radius 3 is 2.80 bits per heavy atom. The van der Waals surface area contributed by atoms with E-state index >= 15 is 0 Å². The van der Waals surface area contributed by atoms with Crippen LogP contribution in [0.3, 0.4) is 0 Å². The average Bonchev–Trinajstić information content (AvgIpc) is 2.87. The van der Waals surface area contributed by atoms with Crippen molar-refractivity contribution in [2.45, 2.75) is 53.1 Å². The highest BCUT2D eigenvalue weighted by atomic mass is 16.5. The number of nitrogens with zero attached hydrogens (tertiary/aromatic N) is 2. The second kappa shape index (κ2) is 7.79. The van der Waals surface area contributed by atoms with Gasteiger partial charge in [0.2, 0.25) is 0 Å². The standard InChI is InChI=1S/C16H29N3O/c1-4-14-5-7-19(8-6-14)12-16-9-15(18-20-16)11-17-10-13(2)3/h9,13-14,17H,4-8,10-12H2,1-3H3. The molecule has 4 nitrogen and oxygen atoms in total. The molecule has 0 aromatic carbocycles. The van der Waals surface area contributed by atoms with Crippen LogP contribution in [0.4, 0.5) is 0 Å². The van der Waals surface area contributed by atoms with Crippen LogP contribution in [0.25, 0.3) is 0 Å². The van der Waals surface area contributed by atoms with Crippen molar-refractivity contribution in [3.05, 3.63) is 17.5 Å². The molecule has 0 radical (unpaired) electrons. The molecular weight excluding hydrogens is 250 g/mol. The van der Waals surface area contributed by atoms with Gasteiger partial charge in [-0.25, -0.2) is 0 Å². The molecule has 0 spiro atoms. The summed E-state index contributed by atoms with van der Waals surface area (Å²) in [5, 5.41) is 7.54. The highest BCUT2D eigenvalue weighted by Gasteiger charge is 2.19. The summed E-state index contributed by atoms with van der Waals surface area (Å²) < 4.78 is 5.45. The summed E-state index contributed by atoms with van der Waals surface area (Å²) in [6.07, 6.45) is 3.97. The highest BCUT2D eigenvalue weighted by molar-refractivity contribution is 5.05. The fourth-order valence-electron chi connectivity index (χ4n) is 2.78. The topological polar surface area (TPSA) is 41.3 Å². The minimum absolute atomic E-state index is 0.668. The molecule has 1 fully saturated rings. The van der Waals surface area contributed by atoms with Crippen LogP contribution in [0.5, 0.6) is 0 Å². The van der Waals surface area contributed by atoms with Crippen molar-refractivity contribution in [1.82, 2.24) is 15.4 Å². The van der Waals surface area contributed by atoms with Crippen LogP contribution >= 0.6 is 0 Å². The first kappa shape index (κ1) is 15.5. The molecule has 1 aliphatic heterocycles. The molecule has 1 N–H and O–H groups in total. The summed E-state index contributed by atoms with van der Waals surface area (Å²) in [6.45, 7) is 11.8. The molecule has 0 atom stereocenters. The first-order valence-corrected chi connectivity index (χ1v) is 8.05. The lowest BCUT2D eigenvalue weighted by molar-refractivity contribution is 0.159. The van der Waals surface area contributed by atoms with Gasteiger partial charge in [-0.05, 0) is 44.3 Å². The smallest absolute Gasteiger partial charge is 0.151 e. The zero-order valence-corrected chi connectivity index (χ0v) is 13.2. The summed E-state index contributed by atoms with van der Waals surface area (Å²) in [6, 6.07) is 2.10. The Kier molecular flexibility index (Phi) is 6.05. The van der Waals surface area contributed by atoms with Gasteiger partial charge in [-0.1, -0.05) is 32.3 Å². The molecule has 2 heterocycles. The summed E-state index contributed by atoms with van der Waals surface area (Å²) in [4.78, 5) is 2.48. The van der Waals surface area contributed by atoms with Crippen LogP contribution in [-0.2, 0) is 13.1 Å². The van der Waals surface area contributed by atoms with Crippen molar-refractivity contribution >= 4 is 0 Å². The third kappa shape index (κ3) is 4.91. The second-order valence-electron chi connectivity index (χ2n) is 6.44. The van der Waals surface area contributed by atoms with Crippen molar-refractivity contribution < 1.29 is 4.52 Å². The summed E-state index contributed by atoms with van der Waals surface area (Å²) in [5.41, 5.74) is 1.02. The van der Waals surface area contributed by atoms with E-state index in [1.54, 1.807) is 0 Å². The predicted octanol–water partition coefficient (Wildman–Crippen LogP) is 3.04. The zero-order valence-electron chi connectivity index (χ0n) is 13.2. The quantitative estimate of drug-likeness (QED) is 0.833. The second-order valence-corrected chi connectivity index (χ2v) is 6.44. The number of hydrogen-bond donors (Lipinski definition) is 1. The van der Waals surface area contributed by atoms with Gasteiger partial charge in [0.05, 0.1) is 12.2 Å². The Bertz CT molecular complexity index is 381. The fraction of sp³-hybridized carbons (Fsp3) is 0.812. The molecule has 2 rings (SSSR count). The third-order valence-corrected chi connectivity index (χ3v) is 4.13. The molecule has 1 aromatic rings. The van der Waals surface area contributed by atoms with Crippen LogP contribution in [0.1, 0.15) is 51.5 Å². The molecule has 1 aromatic heterocycles. The fourth-order valence-corrected chi connectivity index (χ4v) is 2.78. The first-order valence-electron chi connectivity index (χ1n) is 8.05. The zero-order chi connectivity index (χ0) is 14.4. The van der Waals surface area contributed by atoms with Gasteiger partial charge in [0.1, 0.15) is 0 Å². The number of likely N-dealkylation sites (tertiary alicyclic amines) is 1. The Morgan fingerprint density at radius 1 is 1.40 bits per heavy atom. The molecule has 4 heteroatoms. The van der Waals surface area contributed by atoms with Gasteiger partial charge in [-0.2, -0.15) is 0 Å². The van der Waals surface area contributed by atoms with Crippen molar-refractivity contribution in [2.24, 2.45) is 11.8 Å². The van der Waals surface area contributed by atoms with E-state index < -0.39 is 0 Å². The van der Waals surface area contributed by atoms with E-state index in [1.165, 1.54) is 32.4 Å². The number of hydrogen-bond acceptors (Lipinski definition) is 4. The first-order chi connectivity index (χ1) is 9.67. The van der Waals surface area contributed by atoms with Crippen LogP contribution in [0, 0.1) is 11.8 Å². The molecule has 1 aliphatic rings. The number of piperidine rings is 1. The van der Waals surface area contributed by atoms with Gasteiger partial charge in [-0.15, -0.1) is 0 Å². The molecule has 1 saturated heterocycles. The van der Waals surface area contributed by atoms with Gasteiger partial charge >= 0.3 is 0 Å². The van der Waals surface area contributed by atoms with Gasteiger partial charge < -0.3 is 9.84 Å². The van der Waals surface area contributed by atoms with E-state index in [2.05, 4.69) is 42.2 Å². The third-order valence-electron chi connectivity index (χ3n) is 4.13. The maximum Gasteiger partial charge on any atom is 0.151 e. The van der Waals surface area contributed by atoms with E-state index in [-0.39, 0.29) is 0 Å². The van der Waals surface area contributed by atoms with E-state index in [4.69, 9.17) is 4.52 Å². The van der Waals surface area contributed by atoms with Crippen LogP contribution in [0.2, 0.25) is 0 Å². The van der Waals surface area contributed by atoms with E-state index in [0.717, 1.165) is 37.0 Å². The summed E-state index contributed by atoms with van der Waals surface area (Å²) in [5.74, 6) is 2.60. The largest absolute Gasteiger partial charge is 0.360 e. The lowest BCUT2D eigenvalue weighted by Crippen LogP contribution is -2.32. The monoisotopic (exact) mass is 279 g/mol. The molecule has 0 aliphatic carbocycles.